The van der Waals surface area contributed by atoms with Crippen LogP contribution in [-0.2, 0) is 0 Å². The van der Waals surface area contributed by atoms with Crippen molar-refractivity contribution in [3.8, 4) is 0 Å². The van der Waals surface area contributed by atoms with Gasteiger partial charge in [0, 0.05) is 45.3 Å². The Bertz CT molecular complexity index is 580. The quantitative estimate of drug-likeness (QED) is 0.589. The third-order valence-corrected chi connectivity index (χ3v) is 4.42. The molecule has 22 heavy (non-hydrogen) atoms. The molecule has 1 atom stereocenters. The topological polar surface area (TPSA) is 107 Å². The number of H-pyrrole nitrogens is 1. The summed E-state index contributed by atoms with van der Waals surface area (Å²) in [4.78, 5) is 27.1. The Kier molecular flexibility index (Phi) is 4.08. The lowest BCUT2D eigenvalue weighted by molar-refractivity contribution is -0.385. The van der Waals surface area contributed by atoms with E-state index in [4.69, 9.17) is 0 Å². The number of aromatic amines is 1. The zero-order valence-corrected chi connectivity index (χ0v) is 12.5. The highest BCUT2D eigenvalue weighted by molar-refractivity contribution is 5.96. The van der Waals surface area contributed by atoms with Gasteiger partial charge in [-0.15, -0.1) is 0 Å². The smallest absolute Gasteiger partial charge is 0.322 e. The molecule has 2 saturated heterocycles. The third-order valence-electron chi connectivity index (χ3n) is 4.42. The minimum absolute atomic E-state index is 0.0801. The summed E-state index contributed by atoms with van der Waals surface area (Å²) in [6, 6.07) is 0.338. The van der Waals surface area contributed by atoms with E-state index < -0.39 is 4.92 Å². The van der Waals surface area contributed by atoms with E-state index in [0.717, 1.165) is 32.6 Å². The lowest BCUT2D eigenvalue weighted by Gasteiger charge is -2.32. The van der Waals surface area contributed by atoms with E-state index in [1.165, 1.54) is 0 Å². The summed E-state index contributed by atoms with van der Waals surface area (Å²) in [5.41, 5.74) is 0.0188. The van der Waals surface area contributed by atoms with Crippen molar-refractivity contribution in [1.29, 1.82) is 0 Å². The van der Waals surface area contributed by atoms with Gasteiger partial charge < -0.3 is 10.2 Å². The molecule has 0 saturated carbocycles. The Balaban J connectivity index is 1.70. The van der Waals surface area contributed by atoms with Crippen LogP contribution in [0.4, 0.5) is 5.69 Å². The second-order valence-electron chi connectivity index (χ2n) is 5.78. The van der Waals surface area contributed by atoms with Gasteiger partial charge in [-0.05, 0) is 13.3 Å². The molecule has 0 bridgehead atoms. The highest BCUT2D eigenvalue weighted by Crippen LogP contribution is 2.24. The SMILES string of the molecule is Cc1[nH]nc(C(=O)N2CCC(N3CCNCC3)C2)c1[N+](=O)[O-]. The predicted octanol–water partition coefficient (Wildman–Crippen LogP) is -0.254. The first kappa shape index (κ1) is 14.9. The van der Waals surface area contributed by atoms with Gasteiger partial charge in [0.25, 0.3) is 5.91 Å². The average Bonchev–Trinajstić information content (AvgIpc) is 3.14. The first-order valence-electron chi connectivity index (χ1n) is 7.51. The average molecular weight is 308 g/mol. The number of likely N-dealkylation sites (tertiary alicyclic amines) is 1. The minimum Gasteiger partial charge on any atom is -0.335 e. The van der Waals surface area contributed by atoms with Gasteiger partial charge in [0.05, 0.1) is 4.92 Å². The zero-order valence-electron chi connectivity index (χ0n) is 12.5. The van der Waals surface area contributed by atoms with E-state index in [-0.39, 0.29) is 17.3 Å². The van der Waals surface area contributed by atoms with Crippen LogP contribution >= 0.6 is 0 Å². The number of aryl methyl sites for hydroxylation is 1. The number of hydrogen-bond acceptors (Lipinski definition) is 6. The molecule has 120 valence electrons. The number of nitro groups is 1. The number of nitrogens with zero attached hydrogens (tertiary/aromatic N) is 4. The maximum Gasteiger partial charge on any atom is 0.322 e. The van der Waals surface area contributed by atoms with Gasteiger partial charge in [-0.1, -0.05) is 0 Å². The molecule has 3 heterocycles. The van der Waals surface area contributed by atoms with Gasteiger partial charge >= 0.3 is 5.69 Å². The monoisotopic (exact) mass is 308 g/mol. The number of hydrogen-bond donors (Lipinski definition) is 2. The summed E-state index contributed by atoms with van der Waals surface area (Å²) in [6.07, 6.45) is 0.906. The van der Waals surface area contributed by atoms with Gasteiger partial charge in [-0.25, -0.2) is 0 Å². The molecule has 1 amide bonds. The first-order valence-corrected chi connectivity index (χ1v) is 7.51. The summed E-state index contributed by atoms with van der Waals surface area (Å²) in [7, 11) is 0. The van der Waals surface area contributed by atoms with Crippen molar-refractivity contribution in [2.75, 3.05) is 39.3 Å². The molecule has 0 aliphatic carbocycles. The van der Waals surface area contributed by atoms with Crippen molar-refractivity contribution < 1.29 is 9.72 Å². The van der Waals surface area contributed by atoms with Crippen LogP contribution in [0.15, 0.2) is 0 Å². The molecule has 0 aromatic carbocycles. The summed E-state index contributed by atoms with van der Waals surface area (Å²) < 4.78 is 0. The third kappa shape index (κ3) is 2.69. The molecule has 1 aromatic rings. The summed E-state index contributed by atoms with van der Waals surface area (Å²) in [6.45, 7) is 6.68. The number of rotatable bonds is 3. The number of carbonyl (C=O) groups is 1. The van der Waals surface area contributed by atoms with E-state index in [1.807, 2.05) is 0 Å². The second-order valence-corrected chi connectivity index (χ2v) is 5.78. The summed E-state index contributed by atoms with van der Waals surface area (Å²) >= 11 is 0. The van der Waals surface area contributed by atoms with Crippen molar-refractivity contribution in [3.05, 3.63) is 21.5 Å². The predicted molar refractivity (Wildman–Crippen MR) is 78.7 cm³/mol. The largest absolute Gasteiger partial charge is 0.335 e. The number of nitrogens with one attached hydrogen (secondary N) is 2. The highest BCUT2D eigenvalue weighted by atomic mass is 16.6. The fourth-order valence-electron chi connectivity index (χ4n) is 3.22. The van der Waals surface area contributed by atoms with Crippen LogP contribution < -0.4 is 5.32 Å². The Morgan fingerprint density at radius 3 is 2.77 bits per heavy atom. The van der Waals surface area contributed by atoms with Gasteiger partial charge in [0.15, 0.2) is 0 Å². The van der Waals surface area contributed by atoms with Crippen LogP contribution in [0, 0.1) is 17.0 Å². The molecule has 1 aromatic heterocycles. The number of aromatic nitrogens is 2. The molecule has 2 aliphatic heterocycles. The first-order chi connectivity index (χ1) is 10.6. The second kappa shape index (κ2) is 6.01. The molecule has 0 spiro atoms. The van der Waals surface area contributed by atoms with E-state index >= 15 is 0 Å². The van der Waals surface area contributed by atoms with Crippen LogP contribution in [0.1, 0.15) is 22.6 Å². The molecule has 0 radical (unpaired) electrons. The molecule has 2 fully saturated rings. The normalized spacial score (nSPS) is 23.0. The molecule has 9 nitrogen and oxygen atoms in total. The Morgan fingerprint density at radius 1 is 1.36 bits per heavy atom. The summed E-state index contributed by atoms with van der Waals surface area (Å²) in [5, 5.41) is 20.8. The molecule has 2 N–H and O–H groups in total. The fourth-order valence-corrected chi connectivity index (χ4v) is 3.22. The molecule has 3 rings (SSSR count). The number of piperazine rings is 1. The van der Waals surface area contributed by atoms with Crippen LogP contribution in [0.2, 0.25) is 0 Å². The van der Waals surface area contributed by atoms with E-state index in [1.54, 1.807) is 11.8 Å². The number of carbonyl (C=O) groups excluding carboxylic acids is 1. The van der Waals surface area contributed by atoms with Crippen LogP contribution in [0.25, 0.3) is 0 Å². The Labute approximate surface area is 127 Å². The van der Waals surface area contributed by atoms with Gasteiger partial charge in [-0.3, -0.25) is 24.9 Å². The van der Waals surface area contributed by atoms with E-state index in [2.05, 4.69) is 20.4 Å². The van der Waals surface area contributed by atoms with Crippen molar-refractivity contribution in [3.63, 3.8) is 0 Å². The number of amides is 1. The molecule has 1 unspecified atom stereocenters. The van der Waals surface area contributed by atoms with Gasteiger partial charge in [-0.2, -0.15) is 5.10 Å². The zero-order chi connectivity index (χ0) is 15.7. The van der Waals surface area contributed by atoms with Crippen LogP contribution in [0.3, 0.4) is 0 Å². The van der Waals surface area contributed by atoms with Gasteiger partial charge in [0.2, 0.25) is 5.69 Å². The minimum atomic E-state index is -0.546. The van der Waals surface area contributed by atoms with Crippen molar-refractivity contribution in [1.82, 2.24) is 25.3 Å². The fraction of sp³-hybridized carbons (Fsp3) is 0.692. The molecular weight excluding hydrogens is 288 g/mol. The molecule has 9 heteroatoms. The van der Waals surface area contributed by atoms with Crippen molar-refractivity contribution in [2.45, 2.75) is 19.4 Å². The molecular formula is C13H20N6O3. The lowest BCUT2D eigenvalue weighted by atomic mass is 10.2. The van der Waals surface area contributed by atoms with E-state index in [9.17, 15) is 14.9 Å². The van der Waals surface area contributed by atoms with Crippen LogP contribution in [0.5, 0.6) is 0 Å². The van der Waals surface area contributed by atoms with Crippen molar-refractivity contribution in [2.24, 2.45) is 0 Å². The van der Waals surface area contributed by atoms with E-state index in [0.29, 0.717) is 24.8 Å². The standard InChI is InChI=1S/C13H20N6O3/c1-9-12(19(21)22)11(16-15-9)13(20)18-5-2-10(8-18)17-6-3-14-4-7-17/h10,14H,2-8H2,1H3,(H,15,16). The Hall–Kier alpha value is -2.00. The molecule has 2 aliphatic rings. The van der Waals surface area contributed by atoms with Crippen LogP contribution in [-0.4, -0.2) is 76.1 Å². The van der Waals surface area contributed by atoms with Gasteiger partial charge in [0.1, 0.15) is 5.69 Å². The summed E-state index contributed by atoms with van der Waals surface area (Å²) in [5.74, 6) is -0.353. The maximum atomic E-state index is 12.5. The highest BCUT2D eigenvalue weighted by Gasteiger charge is 2.36. The Morgan fingerprint density at radius 2 is 2.09 bits per heavy atom. The lowest BCUT2D eigenvalue weighted by Crippen LogP contribution is -2.49. The van der Waals surface area contributed by atoms with Crippen molar-refractivity contribution >= 4 is 11.6 Å². The maximum absolute atomic E-state index is 12.5.